The van der Waals surface area contributed by atoms with E-state index in [1.54, 1.807) is 18.2 Å². The van der Waals surface area contributed by atoms with E-state index in [1.165, 1.54) is 0 Å². The Hall–Kier alpha value is -2.26. The van der Waals surface area contributed by atoms with Gasteiger partial charge in [-0.1, -0.05) is 41.9 Å². The van der Waals surface area contributed by atoms with Crippen LogP contribution in [-0.4, -0.2) is 15.1 Å². The molecule has 0 aliphatic carbocycles. The summed E-state index contributed by atoms with van der Waals surface area (Å²) in [7, 11) is 0. The van der Waals surface area contributed by atoms with Crippen LogP contribution in [0, 0.1) is 0 Å². The number of rotatable bonds is 2. The summed E-state index contributed by atoms with van der Waals surface area (Å²) in [6, 6.07) is 14.7. The summed E-state index contributed by atoms with van der Waals surface area (Å²) < 4.78 is 0. The molecule has 2 N–H and O–H groups in total. The van der Waals surface area contributed by atoms with E-state index in [0.717, 1.165) is 11.3 Å². The standard InChI is InChI=1S/C15H11ClN2O/c16-11-6-7-14(19)12(8-11)15-17-9-13(18-15)10-4-2-1-3-5-10/h1-9,19H,(H,17,18). The molecule has 0 saturated carbocycles. The zero-order valence-electron chi connectivity index (χ0n) is 9.97. The number of nitrogens with one attached hydrogen (secondary N) is 1. The third-order valence-corrected chi connectivity index (χ3v) is 3.10. The topological polar surface area (TPSA) is 48.9 Å². The summed E-state index contributed by atoms with van der Waals surface area (Å²) in [5.74, 6) is 0.747. The average Bonchev–Trinajstić information content (AvgIpc) is 2.92. The highest BCUT2D eigenvalue weighted by molar-refractivity contribution is 6.30. The highest BCUT2D eigenvalue weighted by Crippen LogP contribution is 2.31. The van der Waals surface area contributed by atoms with E-state index >= 15 is 0 Å². The van der Waals surface area contributed by atoms with Crippen molar-refractivity contribution in [2.24, 2.45) is 0 Å². The van der Waals surface area contributed by atoms with Crippen molar-refractivity contribution >= 4 is 11.6 Å². The van der Waals surface area contributed by atoms with Crippen molar-refractivity contribution in [1.82, 2.24) is 9.97 Å². The Bertz CT molecular complexity index is 707. The lowest BCUT2D eigenvalue weighted by Crippen LogP contribution is -1.82. The summed E-state index contributed by atoms with van der Waals surface area (Å²) in [5, 5.41) is 10.4. The van der Waals surface area contributed by atoms with Crippen LogP contribution >= 0.6 is 11.6 Å². The van der Waals surface area contributed by atoms with Crippen molar-refractivity contribution in [3.05, 3.63) is 59.8 Å². The molecule has 0 saturated heterocycles. The Morgan fingerprint density at radius 2 is 1.84 bits per heavy atom. The molecule has 3 rings (SSSR count). The lowest BCUT2D eigenvalue weighted by Gasteiger charge is -2.01. The fraction of sp³-hybridized carbons (Fsp3) is 0. The number of H-pyrrole nitrogens is 1. The monoisotopic (exact) mass is 270 g/mol. The molecule has 1 aromatic heterocycles. The van der Waals surface area contributed by atoms with E-state index in [2.05, 4.69) is 9.97 Å². The number of benzene rings is 2. The molecule has 0 aliphatic heterocycles. The second kappa shape index (κ2) is 4.78. The molecule has 19 heavy (non-hydrogen) atoms. The largest absolute Gasteiger partial charge is 0.507 e. The molecule has 0 atom stereocenters. The van der Waals surface area contributed by atoms with Gasteiger partial charge in [0.1, 0.15) is 11.6 Å². The number of aromatic nitrogens is 2. The molecule has 0 fully saturated rings. The van der Waals surface area contributed by atoms with Gasteiger partial charge in [0.25, 0.3) is 0 Å². The lowest BCUT2D eigenvalue weighted by atomic mass is 10.2. The average molecular weight is 271 g/mol. The molecule has 0 spiro atoms. The predicted octanol–water partition coefficient (Wildman–Crippen LogP) is 4.10. The molecule has 4 heteroatoms. The molecule has 0 amide bonds. The van der Waals surface area contributed by atoms with Crippen molar-refractivity contribution in [1.29, 1.82) is 0 Å². The van der Waals surface area contributed by atoms with Crippen LogP contribution in [-0.2, 0) is 0 Å². The lowest BCUT2D eigenvalue weighted by molar-refractivity contribution is 0.477. The fourth-order valence-electron chi connectivity index (χ4n) is 1.91. The van der Waals surface area contributed by atoms with Crippen molar-refractivity contribution in [2.45, 2.75) is 0 Å². The normalized spacial score (nSPS) is 10.6. The molecule has 0 bridgehead atoms. The maximum absolute atomic E-state index is 9.85. The van der Waals surface area contributed by atoms with Crippen LogP contribution in [0.2, 0.25) is 5.02 Å². The minimum Gasteiger partial charge on any atom is -0.507 e. The second-order valence-electron chi connectivity index (χ2n) is 4.16. The number of halogens is 1. The number of hydrogen-bond acceptors (Lipinski definition) is 2. The quantitative estimate of drug-likeness (QED) is 0.736. The van der Waals surface area contributed by atoms with E-state index in [0.29, 0.717) is 16.4 Å². The maximum Gasteiger partial charge on any atom is 0.141 e. The Morgan fingerprint density at radius 1 is 1.05 bits per heavy atom. The fourth-order valence-corrected chi connectivity index (χ4v) is 2.09. The van der Waals surface area contributed by atoms with Crippen molar-refractivity contribution in [3.8, 4) is 28.4 Å². The highest BCUT2D eigenvalue weighted by Gasteiger charge is 2.10. The van der Waals surface area contributed by atoms with E-state index in [9.17, 15) is 5.11 Å². The van der Waals surface area contributed by atoms with Gasteiger partial charge in [-0.3, -0.25) is 0 Å². The summed E-state index contributed by atoms with van der Waals surface area (Å²) in [5.41, 5.74) is 2.44. The van der Waals surface area contributed by atoms with Gasteiger partial charge in [0, 0.05) is 16.8 Å². The van der Waals surface area contributed by atoms with Crippen molar-refractivity contribution in [3.63, 3.8) is 0 Å². The molecule has 94 valence electrons. The highest BCUT2D eigenvalue weighted by atomic mass is 35.5. The smallest absolute Gasteiger partial charge is 0.141 e. The third-order valence-electron chi connectivity index (χ3n) is 2.86. The van der Waals surface area contributed by atoms with Crippen LogP contribution in [0.15, 0.2) is 54.7 Å². The number of imidazole rings is 1. The van der Waals surface area contributed by atoms with Crippen LogP contribution in [0.5, 0.6) is 5.75 Å². The zero-order valence-corrected chi connectivity index (χ0v) is 10.7. The van der Waals surface area contributed by atoms with Gasteiger partial charge in [0.05, 0.1) is 11.3 Å². The van der Waals surface area contributed by atoms with Crippen LogP contribution < -0.4 is 0 Å². The minimum atomic E-state index is 0.151. The third kappa shape index (κ3) is 2.33. The number of hydrogen-bond donors (Lipinski definition) is 2. The first-order valence-corrected chi connectivity index (χ1v) is 6.21. The van der Waals surface area contributed by atoms with Gasteiger partial charge < -0.3 is 10.1 Å². The van der Waals surface area contributed by atoms with Crippen LogP contribution in [0.3, 0.4) is 0 Å². The van der Waals surface area contributed by atoms with Crippen LogP contribution in [0.4, 0.5) is 0 Å². The zero-order chi connectivity index (χ0) is 13.2. The van der Waals surface area contributed by atoms with E-state index in [-0.39, 0.29) is 5.75 Å². The first-order valence-electron chi connectivity index (χ1n) is 5.84. The minimum absolute atomic E-state index is 0.151. The van der Waals surface area contributed by atoms with Gasteiger partial charge >= 0.3 is 0 Å². The van der Waals surface area contributed by atoms with Crippen LogP contribution in [0.25, 0.3) is 22.6 Å². The summed E-state index contributed by atoms with van der Waals surface area (Å²) >= 11 is 5.94. The molecular weight excluding hydrogens is 260 g/mol. The maximum atomic E-state index is 9.85. The van der Waals surface area contributed by atoms with Gasteiger partial charge in [-0.25, -0.2) is 4.98 Å². The number of aromatic amines is 1. The Morgan fingerprint density at radius 3 is 2.63 bits per heavy atom. The summed E-state index contributed by atoms with van der Waals surface area (Å²) in [6.45, 7) is 0. The Labute approximate surface area is 115 Å². The molecular formula is C15H11ClN2O. The number of aromatic hydroxyl groups is 1. The molecule has 1 heterocycles. The molecule has 0 aliphatic rings. The summed E-state index contributed by atoms with van der Waals surface area (Å²) in [4.78, 5) is 7.54. The van der Waals surface area contributed by atoms with Gasteiger partial charge in [-0.15, -0.1) is 0 Å². The molecule has 3 aromatic rings. The van der Waals surface area contributed by atoms with Crippen molar-refractivity contribution < 1.29 is 5.11 Å². The first-order chi connectivity index (χ1) is 9.24. The summed E-state index contributed by atoms with van der Waals surface area (Å²) in [6.07, 6.45) is 1.81. The Balaban J connectivity index is 2.04. The van der Waals surface area contributed by atoms with Crippen molar-refractivity contribution in [2.75, 3.05) is 0 Å². The SMILES string of the molecule is Oc1ccc(Cl)cc1-c1nc(-c2ccccc2)c[nH]1. The van der Waals surface area contributed by atoms with Crippen LogP contribution in [0.1, 0.15) is 0 Å². The van der Waals surface area contributed by atoms with E-state index in [1.807, 2.05) is 36.5 Å². The predicted molar refractivity (Wildman–Crippen MR) is 76.1 cm³/mol. The Kier molecular flexibility index (Phi) is 2.97. The van der Waals surface area contributed by atoms with Gasteiger partial charge in [-0.05, 0) is 18.2 Å². The van der Waals surface area contributed by atoms with E-state index < -0.39 is 0 Å². The molecule has 0 unspecified atom stereocenters. The number of phenolic OH excluding ortho intramolecular Hbond substituents is 1. The first kappa shape index (κ1) is 11.8. The number of nitrogens with zero attached hydrogens (tertiary/aromatic N) is 1. The van der Waals surface area contributed by atoms with Gasteiger partial charge in [-0.2, -0.15) is 0 Å². The number of phenols is 1. The molecule has 0 radical (unpaired) electrons. The molecule has 2 aromatic carbocycles. The van der Waals surface area contributed by atoms with E-state index in [4.69, 9.17) is 11.6 Å². The molecule has 3 nitrogen and oxygen atoms in total. The van der Waals surface area contributed by atoms with Gasteiger partial charge in [0.15, 0.2) is 0 Å². The van der Waals surface area contributed by atoms with Gasteiger partial charge in [0.2, 0.25) is 0 Å². The second-order valence-corrected chi connectivity index (χ2v) is 4.60.